The van der Waals surface area contributed by atoms with Crippen molar-refractivity contribution in [2.45, 2.75) is 126 Å². The number of H-pyrrole nitrogens is 1. The van der Waals surface area contributed by atoms with Gasteiger partial charge in [0.25, 0.3) is 5.91 Å². The number of alkyl halides is 1. The van der Waals surface area contributed by atoms with Gasteiger partial charge in [0.05, 0.1) is 31.5 Å². The van der Waals surface area contributed by atoms with E-state index in [1.54, 1.807) is 91.1 Å². The van der Waals surface area contributed by atoms with E-state index >= 15 is 0 Å². The molecule has 0 saturated carbocycles. The summed E-state index contributed by atoms with van der Waals surface area (Å²) in [7, 11) is 0. The van der Waals surface area contributed by atoms with Crippen LogP contribution in [0.2, 0.25) is 0 Å². The van der Waals surface area contributed by atoms with E-state index < -0.39 is 139 Å². The number of carbonyl (C=O) groups is 11. The first-order chi connectivity index (χ1) is 43.5. The number of hydrogen-bond acceptors (Lipinski definition) is 18. The minimum atomic E-state index is -1.77. The largest absolute Gasteiger partial charge is 0.480 e. The number of aliphatic carboxylic acids is 1. The summed E-state index contributed by atoms with van der Waals surface area (Å²) in [6.07, 6.45) is -0.427. The van der Waals surface area contributed by atoms with Crippen molar-refractivity contribution in [2.24, 2.45) is 5.73 Å². The van der Waals surface area contributed by atoms with Gasteiger partial charge in [-0.2, -0.15) is 25.3 Å². The number of amides is 10. The number of benzene rings is 3. The zero-order valence-corrected chi connectivity index (χ0v) is 51.7. The second-order valence-corrected chi connectivity index (χ2v) is 21.9. The third-order valence-corrected chi connectivity index (χ3v) is 14.8. The Labute approximate surface area is 533 Å². The summed E-state index contributed by atoms with van der Waals surface area (Å²) >= 11 is 8.46. The van der Waals surface area contributed by atoms with Gasteiger partial charge in [0.15, 0.2) is 11.7 Å². The lowest BCUT2D eigenvalue weighted by atomic mass is 10.0. The van der Waals surface area contributed by atoms with Crippen molar-refractivity contribution in [3.05, 3.63) is 120 Å². The van der Waals surface area contributed by atoms with E-state index in [1.165, 1.54) is 13.1 Å². The van der Waals surface area contributed by atoms with E-state index in [0.717, 1.165) is 11.6 Å². The first kappa shape index (κ1) is 72.8. The number of unbranched alkanes of at least 4 members (excludes halogenated alkanes) is 1. The van der Waals surface area contributed by atoms with Gasteiger partial charge in [0, 0.05) is 60.8 Å². The predicted octanol–water partition coefficient (Wildman–Crippen LogP) is -2.59. The molecule has 0 spiro atoms. The Bertz CT molecular complexity index is 3270. The number of thiol groups is 2. The zero-order chi connectivity index (χ0) is 66.6. The monoisotopic (exact) mass is 1300 g/mol. The molecule has 0 bridgehead atoms. The number of aliphatic hydroxyl groups excluding tert-OH is 2. The number of carboxylic acid groups (broad SMARTS) is 1. The molecule has 0 aliphatic carbocycles. The number of halogens is 1. The molecule has 10 atom stereocenters. The fourth-order valence-electron chi connectivity index (χ4n) is 9.14. The number of aliphatic hydroxyl groups is 2. The number of fused-ring (bicyclic) bond motifs is 1. The molecule has 16 N–H and O–H groups in total. The molecule has 3 aromatic carbocycles. The number of hydrogen-bond donors (Lipinski definition) is 17. The van der Waals surface area contributed by atoms with E-state index in [1.807, 2.05) is 0 Å². The van der Waals surface area contributed by atoms with Crippen LogP contribution in [0.5, 0.6) is 0 Å². The van der Waals surface area contributed by atoms with Crippen LogP contribution in [0, 0.1) is 0 Å². The molecule has 0 saturated heterocycles. The Morgan fingerprint density at radius 3 is 1.65 bits per heavy atom. The summed E-state index contributed by atoms with van der Waals surface area (Å²) in [5.74, 6) is -11.0. The lowest BCUT2D eigenvalue weighted by molar-refractivity contribution is -0.145. The maximum atomic E-state index is 14.9. The van der Waals surface area contributed by atoms with Crippen LogP contribution < -0.4 is 58.9 Å². The number of nitrogens with two attached hydrogens (primary N) is 1. The smallest absolute Gasteiger partial charge is 0.328 e. The van der Waals surface area contributed by atoms with Gasteiger partial charge in [-0.3, -0.25) is 47.9 Å². The fourth-order valence-corrected chi connectivity index (χ4v) is 9.66. The van der Waals surface area contributed by atoms with Crippen LogP contribution in [0.15, 0.2) is 97.3 Å². The molecular formula is C59H78FN15O14S2. The molecule has 5 aromatic rings. The normalized spacial score (nSPS) is 14.4. The van der Waals surface area contributed by atoms with Gasteiger partial charge in [-0.1, -0.05) is 84.1 Å². The fraction of sp³-hybridized carbons (Fsp3) is 0.441. The highest BCUT2D eigenvalue weighted by Gasteiger charge is 2.37. The number of carboxylic acids is 1. The number of nitrogens with zero attached hydrogens (tertiary/aromatic N) is 3. The maximum absolute atomic E-state index is 14.9. The molecule has 29 nitrogen and oxygen atoms in total. The van der Waals surface area contributed by atoms with Crippen LogP contribution in [0.4, 0.5) is 4.39 Å². The van der Waals surface area contributed by atoms with E-state index in [4.69, 9.17) is 5.73 Å². The number of rotatable bonds is 38. The molecule has 0 aliphatic heterocycles. The molecule has 2 heterocycles. The summed E-state index contributed by atoms with van der Waals surface area (Å²) in [4.78, 5) is 153. The van der Waals surface area contributed by atoms with Gasteiger partial charge < -0.3 is 79.2 Å². The summed E-state index contributed by atoms with van der Waals surface area (Å²) in [5, 5.41) is 63.2. The average molecular weight is 1300 g/mol. The van der Waals surface area contributed by atoms with Crippen molar-refractivity contribution in [2.75, 3.05) is 37.8 Å². The molecule has 0 radical (unpaired) electrons. The van der Waals surface area contributed by atoms with Crippen LogP contribution in [0.3, 0.4) is 0 Å². The van der Waals surface area contributed by atoms with Crippen molar-refractivity contribution < 1.29 is 72.4 Å². The molecule has 0 aliphatic rings. The highest BCUT2D eigenvalue weighted by Crippen LogP contribution is 2.20. The zero-order valence-electron chi connectivity index (χ0n) is 49.9. The minimum absolute atomic E-state index is 0.0775. The van der Waals surface area contributed by atoms with Crippen molar-refractivity contribution in [3.8, 4) is 0 Å². The third-order valence-electron chi connectivity index (χ3n) is 14.1. The van der Waals surface area contributed by atoms with Gasteiger partial charge in [-0.05, 0) is 62.4 Å². The summed E-state index contributed by atoms with van der Waals surface area (Å²) in [6.45, 7) is 0.925. The quantitative estimate of drug-likeness (QED) is 0.0142. The molecule has 0 fully saturated rings. The van der Waals surface area contributed by atoms with Gasteiger partial charge in [0.1, 0.15) is 49.0 Å². The number of para-hydroxylation sites is 1. The van der Waals surface area contributed by atoms with Gasteiger partial charge in [-0.25, -0.2) is 13.9 Å². The van der Waals surface area contributed by atoms with Crippen molar-refractivity contribution in [3.63, 3.8) is 0 Å². The third kappa shape index (κ3) is 23.4. The standard InChI is InChI=1S/C59H78FN15O14S2/c1-33(76)49(58(87)70-46(32-91)57(86)72-50(34(2)77)59(88)89)71-52(81)40(19-11-12-22-61)66-55(84)43(27-37-28-63-39-18-10-9-17-38(37)39)68-54(83)42(26-36-15-7-4-8-16-36)67-56(85)45(31-90)69-53(82)41(25-35-13-5-3-6-14-35)65-48(79)29-64-47(78)20-23-62-51(80)44-30-75(24-21-60)74-73-44/h3-10,13-18,28,30,33-34,40-43,45-46,49-50,63,76-77,90-91H,11-12,19-27,29,31-32,61H2,1-2H3,(H,62,80)(H,64,78)(H,65,79)(H,66,84)(H,67,85)(H,68,83)(H,69,82)(H,70,87)(H,71,81)(H,72,86)(H,88,89)/t33-,34-,40+,41-,42+,43-,45+,46+,49+,50+/m1/s1/i60-1. The molecule has 32 heteroatoms. The lowest BCUT2D eigenvalue weighted by Crippen LogP contribution is -2.62. The molecule has 2 aromatic heterocycles. The van der Waals surface area contributed by atoms with Crippen LogP contribution in [0.1, 0.15) is 66.7 Å². The van der Waals surface area contributed by atoms with Crippen LogP contribution in [-0.4, -0.2) is 199 Å². The summed E-state index contributed by atoms with van der Waals surface area (Å²) < 4.78 is 13.8. The molecule has 492 valence electrons. The predicted molar refractivity (Wildman–Crippen MR) is 335 cm³/mol. The number of nitrogens with one attached hydrogen (secondary N) is 11. The van der Waals surface area contributed by atoms with E-state index in [-0.39, 0.29) is 75.4 Å². The second kappa shape index (κ2) is 37.2. The van der Waals surface area contributed by atoms with Gasteiger partial charge >= 0.3 is 5.97 Å². The Morgan fingerprint density at radius 1 is 0.593 bits per heavy atom. The number of aryl methyl sites for hydroxylation is 1. The maximum Gasteiger partial charge on any atom is 0.328 e. The SMILES string of the molecule is C[C@@H](O)[C@H](NC(=O)[C@H](CS)NC(=O)[C@@H](NC(=O)[C@H](CCCCN)NC(=O)[C@@H](Cc1c[nH]c2ccccc12)NC(=O)[C@H](Cc1ccccc1)NC(=O)[C@H](CS)NC(=O)[C@@H](Cc1ccccc1)NC(=O)CNC(=O)CCNC(=O)c1cn(CC[18F])nn1)[C@@H](C)O)C(=O)O. The molecule has 91 heavy (non-hydrogen) atoms. The molecule has 0 unspecified atom stereocenters. The molecule has 10 amide bonds. The topological polar surface area (TPSA) is 441 Å². The summed E-state index contributed by atoms with van der Waals surface area (Å²) in [6, 6.07) is 11.9. The highest BCUT2D eigenvalue weighted by molar-refractivity contribution is 7.80. The molecular weight excluding hydrogens is 1220 g/mol. The van der Waals surface area contributed by atoms with Crippen molar-refractivity contribution >= 4 is 101 Å². The Balaban J connectivity index is 1.35. The van der Waals surface area contributed by atoms with Crippen LogP contribution in [0.25, 0.3) is 10.9 Å². The summed E-state index contributed by atoms with van der Waals surface area (Å²) in [5.41, 5.74) is 8.11. The Kier molecular flexibility index (Phi) is 29.8. The van der Waals surface area contributed by atoms with E-state index in [0.29, 0.717) is 34.0 Å². The van der Waals surface area contributed by atoms with Gasteiger partial charge in [-0.15, -0.1) is 5.10 Å². The van der Waals surface area contributed by atoms with Crippen molar-refractivity contribution in [1.29, 1.82) is 0 Å². The first-order valence-electron chi connectivity index (χ1n) is 29.1. The van der Waals surface area contributed by atoms with Crippen LogP contribution in [-0.2, 0) is 73.8 Å². The number of carbonyl (C=O) groups excluding carboxylic acids is 10. The van der Waals surface area contributed by atoms with Crippen molar-refractivity contribution in [1.82, 2.24) is 73.1 Å². The minimum Gasteiger partial charge on any atom is -0.480 e. The van der Waals surface area contributed by atoms with Gasteiger partial charge in [0.2, 0.25) is 53.2 Å². The first-order valence-corrected chi connectivity index (χ1v) is 30.4. The molecule has 5 rings (SSSR count). The average Bonchev–Trinajstić information content (AvgIpc) is 2.10. The second-order valence-electron chi connectivity index (χ2n) is 21.1. The van der Waals surface area contributed by atoms with E-state index in [9.17, 15) is 72.4 Å². The van der Waals surface area contributed by atoms with E-state index in [2.05, 4.69) is 93.7 Å². The Hall–Kier alpha value is -8.98. The Morgan fingerprint density at radius 2 is 1.09 bits per heavy atom. The number of aromatic amines is 1. The lowest BCUT2D eigenvalue weighted by Gasteiger charge is -2.28. The van der Waals surface area contributed by atoms with Crippen LogP contribution >= 0.6 is 25.3 Å². The highest BCUT2D eigenvalue weighted by atomic mass is 32.1. The number of aromatic nitrogens is 4.